The molecule has 0 amide bonds. The molecule has 1 saturated heterocycles. The molecule has 0 spiro atoms. The fourth-order valence-corrected chi connectivity index (χ4v) is 4.08. The molecular weight excluding hydrogens is 336 g/mol. The van der Waals surface area contributed by atoms with Crippen LogP contribution in [0.5, 0.6) is 0 Å². The Morgan fingerprint density at radius 3 is 2.12 bits per heavy atom. The Bertz CT molecular complexity index is 915. The molecule has 3 unspecified atom stereocenters. The molecule has 2 heterocycles. The number of hydrogen-bond donors (Lipinski definition) is 0. The van der Waals surface area contributed by atoms with Crippen LogP contribution in [0, 0.1) is 0 Å². The first-order valence-corrected chi connectivity index (χ1v) is 8.56. The molecule has 3 nitrogen and oxygen atoms in total. The summed E-state index contributed by atoms with van der Waals surface area (Å²) in [5, 5.41) is -1.45. The number of halogens is 1. The normalized spacial score (nSPS) is 30.0. The Morgan fingerprint density at radius 1 is 0.720 bits per heavy atom. The molecule has 0 radical (unpaired) electrons. The lowest BCUT2D eigenvalue weighted by molar-refractivity contribution is -0.343. The first-order chi connectivity index (χ1) is 12.2. The van der Waals surface area contributed by atoms with Gasteiger partial charge < -0.3 is 0 Å². The maximum absolute atomic E-state index is 6.65. The summed E-state index contributed by atoms with van der Waals surface area (Å²) in [7, 11) is 0. The van der Waals surface area contributed by atoms with Crippen molar-refractivity contribution < 1.29 is 14.5 Å². The SMILES string of the molecule is ClC12OOC(c3ccccc3)(O1)C(c1ccccc1)c1ccccc12. The van der Waals surface area contributed by atoms with Crippen molar-refractivity contribution in [3.63, 3.8) is 0 Å². The quantitative estimate of drug-likeness (QED) is 0.480. The minimum atomic E-state index is -1.45. The van der Waals surface area contributed by atoms with Crippen molar-refractivity contribution in [1.82, 2.24) is 0 Å². The predicted octanol–water partition coefficient (Wildman–Crippen LogP) is 5.01. The van der Waals surface area contributed by atoms with Crippen molar-refractivity contribution in [2.45, 2.75) is 17.0 Å². The fraction of sp³-hybridized carbons (Fsp3) is 0.143. The van der Waals surface area contributed by atoms with E-state index in [-0.39, 0.29) is 5.92 Å². The molecule has 1 fully saturated rings. The van der Waals surface area contributed by atoms with Crippen molar-refractivity contribution in [2.75, 3.05) is 0 Å². The minimum Gasteiger partial charge on any atom is -0.291 e. The average Bonchev–Trinajstić information content (AvgIpc) is 2.99. The van der Waals surface area contributed by atoms with E-state index in [1.54, 1.807) is 0 Å². The second-order valence-corrected chi connectivity index (χ2v) is 6.77. The van der Waals surface area contributed by atoms with E-state index in [1.807, 2.05) is 66.7 Å². The molecule has 5 rings (SSSR count). The Labute approximate surface area is 150 Å². The fourth-order valence-electron chi connectivity index (χ4n) is 3.77. The summed E-state index contributed by atoms with van der Waals surface area (Å²) < 4.78 is 6.27. The Morgan fingerprint density at radius 2 is 1.36 bits per heavy atom. The summed E-state index contributed by atoms with van der Waals surface area (Å²) in [5.74, 6) is -1.35. The van der Waals surface area contributed by atoms with Gasteiger partial charge in [0.05, 0.1) is 5.92 Å². The van der Waals surface area contributed by atoms with Gasteiger partial charge in [-0.05, 0) is 22.7 Å². The smallest absolute Gasteiger partial charge is 0.291 e. The second-order valence-electron chi connectivity index (χ2n) is 6.27. The van der Waals surface area contributed by atoms with E-state index < -0.39 is 11.0 Å². The van der Waals surface area contributed by atoms with Crippen molar-refractivity contribution in [3.05, 3.63) is 107 Å². The van der Waals surface area contributed by atoms with Crippen molar-refractivity contribution in [1.29, 1.82) is 0 Å². The van der Waals surface area contributed by atoms with Gasteiger partial charge in [-0.25, -0.2) is 0 Å². The lowest BCUT2D eigenvalue weighted by Crippen LogP contribution is -2.42. The van der Waals surface area contributed by atoms with Crippen LogP contribution in [-0.2, 0) is 25.5 Å². The Kier molecular flexibility index (Phi) is 3.27. The van der Waals surface area contributed by atoms with Gasteiger partial charge in [0.25, 0.3) is 0 Å². The molecule has 0 N–H and O–H groups in total. The van der Waals surface area contributed by atoms with Crippen LogP contribution in [0.15, 0.2) is 84.9 Å². The molecule has 3 aromatic rings. The summed E-state index contributed by atoms with van der Waals surface area (Å²) in [4.78, 5) is 11.4. The van der Waals surface area contributed by atoms with Gasteiger partial charge in [0.15, 0.2) is 0 Å². The van der Waals surface area contributed by atoms with Crippen molar-refractivity contribution >= 4 is 11.6 Å². The van der Waals surface area contributed by atoms with Crippen LogP contribution < -0.4 is 0 Å². The summed E-state index contributed by atoms with van der Waals surface area (Å²) in [5.41, 5.74) is 3.75. The topological polar surface area (TPSA) is 27.7 Å². The Hall–Kier alpha value is -2.17. The number of ether oxygens (including phenoxy) is 1. The van der Waals surface area contributed by atoms with Gasteiger partial charge in [0.2, 0.25) is 5.79 Å². The number of benzene rings is 3. The largest absolute Gasteiger partial charge is 0.308 e. The zero-order valence-electron chi connectivity index (χ0n) is 13.3. The highest BCUT2D eigenvalue weighted by atomic mass is 35.5. The lowest BCUT2D eigenvalue weighted by Gasteiger charge is -2.40. The average molecular weight is 351 g/mol. The van der Waals surface area contributed by atoms with E-state index in [0.29, 0.717) is 0 Å². The third-order valence-corrected chi connectivity index (χ3v) is 5.18. The van der Waals surface area contributed by atoms with Crippen molar-refractivity contribution in [2.24, 2.45) is 0 Å². The van der Waals surface area contributed by atoms with Gasteiger partial charge in [0.1, 0.15) is 0 Å². The van der Waals surface area contributed by atoms with Crippen LogP contribution in [0.2, 0.25) is 0 Å². The van der Waals surface area contributed by atoms with Crippen LogP contribution in [0.4, 0.5) is 0 Å². The maximum Gasteiger partial charge on any atom is 0.308 e. The van der Waals surface area contributed by atoms with Gasteiger partial charge in [-0.15, -0.1) is 0 Å². The van der Waals surface area contributed by atoms with E-state index >= 15 is 0 Å². The number of fused-ring (bicyclic) bond motifs is 4. The molecule has 25 heavy (non-hydrogen) atoms. The van der Waals surface area contributed by atoms with E-state index in [2.05, 4.69) is 18.2 Å². The van der Waals surface area contributed by atoms with E-state index in [4.69, 9.17) is 26.1 Å². The molecule has 124 valence electrons. The lowest BCUT2D eigenvalue weighted by atomic mass is 9.77. The molecule has 0 aliphatic carbocycles. The molecule has 0 saturated carbocycles. The van der Waals surface area contributed by atoms with Gasteiger partial charge in [0, 0.05) is 11.1 Å². The zero-order valence-corrected chi connectivity index (χ0v) is 14.0. The zero-order chi connectivity index (χ0) is 16.9. The minimum absolute atomic E-state index is 0.207. The Balaban J connectivity index is 1.81. The van der Waals surface area contributed by atoms with Crippen LogP contribution in [0.25, 0.3) is 0 Å². The monoisotopic (exact) mass is 350 g/mol. The molecule has 2 aliphatic heterocycles. The van der Waals surface area contributed by atoms with Crippen LogP contribution in [-0.4, -0.2) is 0 Å². The summed E-state index contributed by atoms with van der Waals surface area (Å²) >= 11 is 6.65. The standard InChI is InChI=1S/C21H15ClO3/c22-21-18-14-8-7-13-17(18)19(15-9-3-1-4-10-15)20(23-21,24-25-21)16-11-5-2-6-12-16/h1-14,19H. The number of hydrogen-bond acceptors (Lipinski definition) is 3. The first kappa shape index (κ1) is 15.1. The molecule has 3 atom stereocenters. The molecule has 2 aliphatic rings. The molecule has 0 aromatic heterocycles. The number of rotatable bonds is 2. The summed E-state index contributed by atoms with van der Waals surface area (Å²) in [6, 6.07) is 27.8. The molecular formula is C21H15ClO3. The maximum atomic E-state index is 6.65. The van der Waals surface area contributed by atoms with Gasteiger partial charge in [-0.1, -0.05) is 84.9 Å². The first-order valence-electron chi connectivity index (χ1n) is 8.19. The highest BCUT2D eigenvalue weighted by Gasteiger charge is 2.64. The molecule has 2 bridgehead atoms. The van der Waals surface area contributed by atoms with E-state index in [1.165, 1.54) is 0 Å². The highest BCUT2D eigenvalue weighted by molar-refractivity contribution is 6.22. The highest BCUT2D eigenvalue weighted by Crippen LogP contribution is 2.61. The van der Waals surface area contributed by atoms with Crippen LogP contribution in [0.3, 0.4) is 0 Å². The third kappa shape index (κ3) is 2.11. The predicted molar refractivity (Wildman–Crippen MR) is 93.6 cm³/mol. The summed E-state index contributed by atoms with van der Waals surface area (Å²) in [6.07, 6.45) is 0. The van der Waals surface area contributed by atoms with Crippen LogP contribution in [0.1, 0.15) is 28.2 Å². The van der Waals surface area contributed by atoms with Crippen LogP contribution >= 0.6 is 11.6 Å². The molecule has 4 heteroatoms. The van der Waals surface area contributed by atoms with E-state index in [9.17, 15) is 0 Å². The van der Waals surface area contributed by atoms with Crippen molar-refractivity contribution in [3.8, 4) is 0 Å². The second kappa shape index (κ2) is 5.41. The van der Waals surface area contributed by atoms with Gasteiger partial charge in [-0.2, -0.15) is 9.78 Å². The summed E-state index contributed by atoms with van der Waals surface area (Å²) in [6.45, 7) is 0. The van der Waals surface area contributed by atoms with Gasteiger partial charge in [-0.3, -0.25) is 4.74 Å². The van der Waals surface area contributed by atoms with Gasteiger partial charge >= 0.3 is 5.25 Å². The van der Waals surface area contributed by atoms with E-state index in [0.717, 1.165) is 22.3 Å². The number of alkyl halides is 1. The third-order valence-electron chi connectivity index (χ3n) is 4.84. The molecule has 3 aromatic carbocycles.